The van der Waals surface area contributed by atoms with E-state index in [9.17, 15) is 38.4 Å². The highest BCUT2D eigenvalue weighted by Crippen LogP contribution is 2.30. The molecule has 2 amide bonds. The first-order chi connectivity index (χ1) is 22.2. The summed E-state index contributed by atoms with van der Waals surface area (Å²) in [5, 5.41) is 0. The van der Waals surface area contributed by atoms with Crippen LogP contribution in [0.2, 0.25) is 0 Å². The van der Waals surface area contributed by atoms with Gasteiger partial charge in [-0.25, -0.2) is 9.59 Å². The van der Waals surface area contributed by atoms with Gasteiger partial charge in [0.05, 0.1) is 13.1 Å². The second-order valence-corrected chi connectivity index (χ2v) is 13.7. The van der Waals surface area contributed by atoms with Crippen molar-refractivity contribution in [2.45, 2.75) is 52.7 Å². The standard InChI is InChI=1S/C36H36N2O10/c1-35(2,3)47-33(45)37(7)17-25(39)27-29(41)21-13-11-19(15-23(21)31(27)43)9-10-20-12-14-22-24(16-20)32(44)28(30(22)42)26(40)18-38(8)34(46)48-36(4,5)6/h11-16,27-28H,17-18H2,1-8H3. The maximum absolute atomic E-state index is 13.2. The van der Waals surface area contributed by atoms with Crippen LogP contribution in [-0.4, -0.2) is 95.1 Å². The van der Waals surface area contributed by atoms with Crippen molar-refractivity contribution in [1.29, 1.82) is 0 Å². The molecule has 0 spiro atoms. The fourth-order valence-electron chi connectivity index (χ4n) is 5.13. The molecule has 48 heavy (non-hydrogen) atoms. The molecule has 0 bridgehead atoms. The van der Waals surface area contributed by atoms with Crippen LogP contribution in [0.25, 0.3) is 0 Å². The topological polar surface area (TPSA) is 162 Å². The number of hydrogen-bond acceptors (Lipinski definition) is 10. The smallest absolute Gasteiger partial charge is 0.410 e. The number of amides is 2. The Hall–Kier alpha value is -5.44. The predicted molar refractivity (Wildman–Crippen MR) is 171 cm³/mol. The van der Waals surface area contributed by atoms with E-state index >= 15 is 0 Å². The molecule has 2 aliphatic rings. The Labute approximate surface area is 277 Å². The Morgan fingerprint density at radius 2 is 0.896 bits per heavy atom. The van der Waals surface area contributed by atoms with E-state index < -0.39 is 83.0 Å². The van der Waals surface area contributed by atoms with Crippen LogP contribution in [0.4, 0.5) is 9.59 Å². The second-order valence-electron chi connectivity index (χ2n) is 13.7. The maximum atomic E-state index is 13.2. The lowest BCUT2D eigenvalue weighted by atomic mass is 9.98. The highest BCUT2D eigenvalue weighted by Gasteiger charge is 2.45. The van der Waals surface area contributed by atoms with Crippen molar-refractivity contribution in [2.24, 2.45) is 11.8 Å². The van der Waals surface area contributed by atoms with Gasteiger partial charge in [0, 0.05) is 47.5 Å². The van der Waals surface area contributed by atoms with Gasteiger partial charge < -0.3 is 19.3 Å². The summed E-state index contributed by atoms with van der Waals surface area (Å²) in [5.74, 6) is -1.68. The lowest BCUT2D eigenvalue weighted by Crippen LogP contribution is -2.40. The summed E-state index contributed by atoms with van der Waals surface area (Å²) in [4.78, 5) is 105. The summed E-state index contributed by atoms with van der Waals surface area (Å²) in [6.07, 6.45) is -1.54. The van der Waals surface area contributed by atoms with E-state index in [2.05, 4.69) is 11.8 Å². The van der Waals surface area contributed by atoms with E-state index in [4.69, 9.17) is 9.47 Å². The molecule has 0 N–H and O–H groups in total. The van der Waals surface area contributed by atoms with Crippen LogP contribution in [-0.2, 0) is 19.1 Å². The molecule has 2 aromatic rings. The molecule has 4 rings (SSSR count). The van der Waals surface area contributed by atoms with E-state index in [1.54, 1.807) is 41.5 Å². The van der Waals surface area contributed by atoms with Crippen LogP contribution in [0, 0.1) is 23.7 Å². The van der Waals surface area contributed by atoms with Crippen LogP contribution in [0.1, 0.15) is 94.1 Å². The van der Waals surface area contributed by atoms with Crippen LogP contribution >= 0.6 is 0 Å². The van der Waals surface area contributed by atoms with Gasteiger partial charge in [0.2, 0.25) is 0 Å². The average molecular weight is 657 g/mol. The molecule has 0 aliphatic heterocycles. The van der Waals surface area contributed by atoms with Crippen molar-refractivity contribution in [1.82, 2.24) is 9.80 Å². The molecular weight excluding hydrogens is 620 g/mol. The molecule has 0 saturated heterocycles. The number of nitrogens with zero attached hydrogens (tertiary/aromatic N) is 2. The van der Waals surface area contributed by atoms with Crippen molar-refractivity contribution >= 4 is 46.9 Å². The Balaban J connectivity index is 1.47. The van der Waals surface area contributed by atoms with Gasteiger partial charge in [-0.1, -0.05) is 11.8 Å². The van der Waals surface area contributed by atoms with E-state index in [0.717, 1.165) is 9.80 Å². The lowest BCUT2D eigenvalue weighted by Gasteiger charge is -2.24. The fraction of sp³-hybridized carbons (Fsp3) is 0.389. The highest BCUT2D eigenvalue weighted by molar-refractivity contribution is 6.36. The van der Waals surface area contributed by atoms with E-state index in [1.165, 1.54) is 50.5 Å². The van der Waals surface area contributed by atoms with Crippen molar-refractivity contribution < 1.29 is 47.8 Å². The third-order valence-electron chi connectivity index (χ3n) is 7.34. The van der Waals surface area contributed by atoms with Crippen molar-refractivity contribution in [3.8, 4) is 11.8 Å². The fourth-order valence-corrected chi connectivity index (χ4v) is 5.13. The molecule has 0 fully saturated rings. The van der Waals surface area contributed by atoms with Gasteiger partial charge in [-0.05, 0) is 77.9 Å². The number of benzene rings is 2. The van der Waals surface area contributed by atoms with Crippen LogP contribution in [0.5, 0.6) is 0 Å². The van der Waals surface area contributed by atoms with Gasteiger partial charge >= 0.3 is 12.2 Å². The zero-order valence-corrected chi connectivity index (χ0v) is 28.0. The van der Waals surface area contributed by atoms with E-state index in [-0.39, 0.29) is 22.3 Å². The largest absolute Gasteiger partial charge is 0.444 e. The van der Waals surface area contributed by atoms with E-state index in [0.29, 0.717) is 11.1 Å². The zero-order valence-electron chi connectivity index (χ0n) is 28.0. The Bertz CT molecular complexity index is 1720. The predicted octanol–water partition coefficient (Wildman–Crippen LogP) is 3.95. The first-order valence-electron chi connectivity index (χ1n) is 15.1. The summed E-state index contributed by atoms with van der Waals surface area (Å²) >= 11 is 0. The lowest BCUT2D eigenvalue weighted by molar-refractivity contribution is -0.122. The first kappa shape index (κ1) is 35.4. The van der Waals surface area contributed by atoms with Crippen molar-refractivity contribution in [3.05, 3.63) is 69.8 Å². The third-order valence-corrected chi connectivity index (χ3v) is 7.34. The maximum Gasteiger partial charge on any atom is 0.410 e. The van der Waals surface area contributed by atoms with E-state index in [1.807, 2.05) is 0 Å². The minimum Gasteiger partial charge on any atom is -0.444 e. The molecular formula is C36H36N2O10. The van der Waals surface area contributed by atoms with Crippen molar-refractivity contribution in [2.75, 3.05) is 27.2 Å². The third kappa shape index (κ3) is 7.57. The minimum atomic E-state index is -1.59. The normalized spacial score (nSPS) is 16.8. The number of carbonyl (C=O) groups is 8. The number of rotatable bonds is 6. The van der Waals surface area contributed by atoms with Gasteiger partial charge in [0.25, 0.3) is 0 Å². The molecule has 0 heterocycles. The van der Waals surface area contributed by atoms with Gasteiger partial charge in [0.1, 0.15) is 23.0 Å². The second kappa shape index (κ2) is 13.0. The molecule has 2 unspecified atom stereocenters. The number of ether oxygens (including phenoxy) is 2. The summed E-state index contributed by atoms with van der Waals surface area (Å²) in [5.41, 5.74) is -0.717. The number of hydrogen-bond donors (Lipinski definition) is 0. The molecule has 12 heteroatoms. The average Bonchev–Trinajstić information content (AvgIpc) is 3.37. The molecule has 250 valence electrons. The Kier molecular flexibility index (Phi) is 9.58. The summed E-state index contributed by atoms with van der Waals surface area (Å²) < 4.78 is 10.5. The number of fused-ring (bicyclic) bond motifs is 2. The van der Waals surface area contributed by atoms with Crippen LogP contribution in [0.15, 0.2) is 36.4 Å². The van der Waals surface area contributed by atoms with Gasteiger partial charge in [-0.2, -0.15) is 0 Å². The molecule has 2 aromatic carbocycles. The van der Waals surface area contributed by atoms with Crippen LogP contribution in [0.3, 0.4) is 0 Å². The minimum absolute atomic E-state index is 0.0255. The molecule has 2 atom stereocenters. The van der Waals surface area contributed by atoms with Gasteiger partial charge in [0.15, 0.2) is 34.7 Å². The summed E-state index contributed by atoms with van der Waals surface area (Å²) in [6.45, 7) is 9.02. The number of likely N-dealkylation sites (N-methyl/N-ethyl adjacent to an activating group) is 2. The highest BCUT2D eigenvalue weighted by atomic mass is 16.6. The summed E-state index contributed by atoms with van der Waals surface area (Å²) in [7, 11) is 2.67. The molecule has 2 aliphatic carbocycles. The number of carbonyl (C=O) groups excluding carboxylic acids is 8. The first-order valence-corrected chi connectivity index (χ1v) is 15.1. The monoisotopic (exact) mass is 656 g/mol. The Morgan fingerprint density at radius 1 is 0.583 bits per heavy atom. The molecule has 0 aromatic heterocycles. The van der Waals surface area contributed by atoms with Crippen molar-refractivity contribution in [3.63, 3.8) is 0 Å². The Morgan fingerprint density at radius 3 is 1.21 bits per heavy atom. The SMILES string of the molecule is CN(CC(=O)C1C(=O)c2ccc(C#Cc3ccc4c(c3)C(=O)C(C(=O)CN(C)C(=O)OC(C)(C)C)C4=O)cc2C1=O)C(=O)OC(C)(C)C. The zero-order chi connectivity index (χ0) is 35.9. The number of ketones is 6. The van der Waals surface area contributed by atoms with Gasteiger partial charge in [-0.3, -0.25) is 28.8 Å². The molecule has 12 nitrogen and oxygen atoms in total. The van der Waals surface area contributed by atoms with Gasteiger partial charge in [-0.15, -0.1) is 0 Å². The molecule has 0 saturated carbocycles. The quantitative estimate of drug-likeness (QED) is 0.329. The summed E-state index contributed by atoms with van der Waals surface area (Å²) in [6, 6.07) is 8.61. The number of Topliss-reactive ketones (excluding diaryl/α,β-unsaturated/α-hetero) is 6. The molecule has 0 radical (unpaired) electrons. The van der Waals surface area contributed by atoms with Crippen LogP contribution < -0.4 is 0 Å².